The molecule has 1 amide bonds. The van der Waals surface area contributed by atoms with Gasteiger partial charge in [0, 0.05) is 12.6 Å². The molecule has 1 aromatic carbocycles. The minimum atomic E-state index is -0.510. The van der Waals surface area contributed by atoms with E-state index in [0.717, 1.165) is 13.0 Å². The predicted molar refractivity (Wildman–Crippen MR) is 64.2 cm³/mol. The fourth-order valence-electron chi connectivity index (χ4n) is 1.85. The molecule has 1 aliphatic rings. The molecule has 5 heteroatoms. The molecule has 0 spiro atoms. The van der Waals surface area contributed by atoms with Crippen molar-refractivity contribution < 1.29 is 9.53 Å². The summed E-state index contributed by atoms with van der Waals surface area (Å²) in [6.45, 7) is 1.19. The third-order valence-electron chi connectivity index (χ3n) is 2.67. The molecule has 1 aliphatic heterocycles. The van der Waals surface area contributed by atoms with Gasteiger partial charge in [-0.2, -0.15) is 0 Å². The van der Waals surface area contributed by atoms with Gasteiger partial charge in [0.2, 0.25) is 0 Å². The first-order valence-electron chi connectivity index (χ1n) is 5.16. The lowest BCUT2D eigenvalue weighted by molar-refractivity contribution is 0.138. The van der Waals surface area contributed by atoms with Crippen molar-refractivity contribution >= 4 is 18.9 Å². The molecule has 0 aliphatic carbocycles. The van der Waals surface area contributed by atoms with Crippen LogP contribution < -0.4 is 10.0 Å². The minimum absolute atomic E-state index is 0.181. The molecule has 0 saturated carbocycles. The molecule has 0 bridgehead atoms. The molecule has 1 heterocycles. The van der Waals surface area contributed by atoms with Gasteiger partial charge in [-0.05, 0) is 17.5 Å². The lowest BCUT2D eigenvalue weighted by Crippen LogP contribution is -2.40. The van der Waals surface area contributed by atoms with Crippen LogP contribution in [-0.2, 0) is 17.7 Å². The highest BCUT2D eigenvalue weighted by Gasteiger charge is 2.18. The topological polar surface area (TPSA) is 50.4 Å². The van der Waals surface area contributed by atoms with E-state index in [1.54, 1.807) is 0 Å². The summed E-state index contributed by atoms with van der Waals surface area (Å²) < 4.78 is 7.09. The lowest BCUT2D eigenvalue weighted by atomic mass is 9.96. The van der Waals surface area contributed by atoms with Crippen LogP contribution in [-0.4, -0.2) is 18.7 Å². The average molecular weight is 238 g/mol. The van der Waals surface area contributed by atoms with Crippen LogP contribution in [0.25, 0.3) is 0 Å². The van der Waals surface area contributed by atoms with Crippen LogP contribution in [0.5, 0.6) is 0 Å². The summed E-state index contributed by atoms with van der Waals surface area (Å²) in [7, 11) is 0. The number of rotatable bonds is 2. The summed E-state index contributed by atoms with van der Waals surface area (Å²) in [5.74, 6) is 0. The van der Waals surface area contributed by atoms with E-state index >= 15 is 0 Å². The number of benzene rings is 1. The third kappa shape index (κ3) is 2.68. The molecule has 0 aromatic heterocycles. The Bertz CT molecular complexity index is 384. The molecule has 1 unspecified atom stereocenters. The number of hydrogen-bond acceptors (Lipinski definition) is 4. The predicted octanol–water partition coefficient (Wildman–Crippen LogP) is 1.27. The van der Waals surface area contributed by atoms with Crippen LogP contribution in [0.15, 0.2) is 24.3 Å². The van der Waals surface area contributed by atoms with Gasteiger partial charge in [-0.1, -0.05) is 37.1 Å². The van der Waals surface area contributed by atoms with Crippen molar-refractivity contribution in [1.29, 1.82) is 0 Å². The van der Waals surface area contributed by atoms with Crippen molar-refractivity contribution in [2.45, 2.75) is 19.0 Å². The molecule has 0 saturated heterocycles. The van der Waals surface area contributed by atoms with Gasteiger partial charge in [0.25, 0.3) is 0 Å². The molecule has 86 valence electrons. The quantitative estimate of drug-likeness (QED) is 0.680. The van der Waals surface area contributed by atoms with Crippen LogP contribution >= 0.6 is 12.8 Å². The fraction of sp³-hybridized carbons (Fsp3) is 0.364. The zero-order valence-corrected chi connectivity index (χ0v) is 9.67. The second kappa shape index (κ2) is 5.23. The normalized spacial score (nSPS) is 18.7. The number of ether oxygens (including phenoxy) is 1. The average Bonchev–Trinajstić information content (AvgIpc) is 2.35. The van der Waals surface area contributed by atoms with Crippen LogP contribution in [0, 0.1) is 0 Å². The molecule has 1 atom stereocenters. The highest BCUT2D eigenvalue weighted by molar-refractivity contribution is 7.78. The Labute approximate surface area is 99.9 Å². The third-order valence-corrected chi connectivity index (χ3v) is 2.86. The zero-order valence-electron chi connectivity index (χ0n) is 8.77. The standard InChI is InChI=1S/C11H14N2O2S/c14-11(13-16)15-7-10-5-8-3-1-2-4-9(8)6-12-10/h1-4,10,12,16H,5-7H2,(H,13,14). The zero-order chi connectivity index (χ0) is 11.4. The van der Waals surface area contributed by atoms with E-state index in [-0.39, 0.29) is 6.04 Å². The summed E-state index contributed by atoms with van der Waals surface area (Å²) in [5, 5.41) is 3.32. The molecular weight excluding hydrogens is 224 g/mol. The Balaban J connectivity index is 1.90. The van der Waals surface area contributed by atoms with E-state index < -0.39 is 6.09 Å². The number of hydrogen-bond donors (Lipinski definition) is 3. The summed E-state index contributed by atoms with van der Waals surface area (Å²) in [5.41, 5.74) is 2.64. The van der Waals surface area contributed by atoms with Gasteiger partial charge in [-0.25, -0.2) is 4.79 Å². The summed E-state index contributed by atoms with van der Waals surface area (Å²) in [4.78, 5) is 10.9. The molecule has 0 radical (unpaired) electrons. The van der Waals surface area contributed by atoms with Crippen LogP contribution in [0.3, 0.4) is 0 Å². The SMILES string of the molecule is O=C(NS)OCC1Cc2ccccc2CN1. The second-order valence-corrected chi connectivity index (χ2v) is 3.98. The van der Waals surface area contributed by atoms with E-state index in [0.29, 0.717) is 6.61 Å². The maximum Gasteiger partial charge on any atom is 0.417 e. The fourth-order valence-corrected chi connectivity index (χ4v) is 1.91. The molecule has 1 aromatic rings. The highest BCUT2D eigenvalue weighted by atomic mass is 32.1. The number of fused-ring (bicyclic) bond motifs is 1. The number of thiol groups is 1. The van der Waals surface area contributed by atoms with Gasteiger partial charge in [0.15, 0.2) is 0 Å². The van der Waals surface area contributed by atoms with Gasteiger partial charge in [0.1, 0.15) is 6.61 Å². The maximum atomic E-state index is 10.9. The minimum Gasteiger partial charge on any atom is -0.447 e. The van der Waals surface area contributed by atoms with E-state index in [1.165, 1.54) is 11.1 Å². The van der Waals surface area contributed by atoms with Gasteiger partial charge in [-0.15, -0.1) is 0 Å². The highest BCUT2D eigenvalue weighted by Crippen LogP contribution is 2.16. The van der Waals surface area contributed by atoms with Crippen LogP contribution in [0.1, 0.15) is 11.1 Å². The van der Waals surface area contributed by atoms with Crippen molar-refractivity contribution in [3.63, 3.8) is 0 Å². The van der Waals surface area contributed by atoms with Crippen LogP contribution in [0.4, 0.5) is 4.79 Å². The number of amides is 1. The monoisotopic (exact) mass is 238 g/mol. The van der Waals surface area contributed by atoms with Gasteiger partial charge in [0.05, 0.1) is 0 Å². The Kier molecular flexibility index (Phi) is 3.69. The van der Waals surface area contributed by atoms with Gasteiger partial charge < -0.3 is 10.1 Å². The molecule has 2 N–H and O–H groups in total. The van der Waals surface area contributed by atoms with E-state index in [2.05, 4.69) is 35.0 Å². The number of carbonyl (C=O) groups excluding carboxylic acids is 1. The van der Waals surface area contributed by atoms with Crippen molar-refractivity contribution in [3.05, 3.63) is 35.4 Å². The first kappa shape index (κ1) is 11.3. The first-order chi connectivity index (χ1) is 7.79. The van der Waals surface area contributed by atoms with Crippen molar-refractivity contribution in [1.82, 2.24) is 10.0 Å². The Morgan fingerprint density at radius 2 is 2.25 bits per heavy atom. The van der Waals surface area contributed by atoms with Crippen LogP contribution in [0.2, 0.25) is 0 Å². The number of carbonyl (C=O) groups is 1. The van der Waals surface area contributed by atoms with Crippen molar-refractivity contribution in [2.24, 2.45) is 0 Å². The molecule has 0 fully saturated rings. The summed E-state index contributed by atoms with van der Waals surface area (Å²) in [6.07, 6.45) is 0.375. The molecule has 2 rings (SSSR count). The molecular formula is C11H14N2O2S. The summed E-state index contributed by atoms with van der Waals surface area (Å²) in [6, 6.07) is 8.47. The van der Waals surface area contributed by atoms with E-state index in [9.17, 15) is 4.79 Å². The van der Waals surface area contributed by atoms with Crippen molar-refractivity contribution in [3.8, 4) is 0 Å². The van der Waals surface area contributed by atoms with Gasteiger partial charge in [-0.3, -0.25) is 4.72 Å². The summed E-state index contributed by atoms with van der Waals surface area (Å²) >= 11 is 3.61. The largest absolute Gasteiger partial charge is 0.447 e. The molecule has 16 heavy (non-hydrogen) atoms. The smallest absolute Gasteiger partial charge is 0.417 e. The van der Waals surface area contributed by atoms with Gasteiger partial charge >= 0.3 is 6.09 Å². The lowest BCUT2D eigenvalue weighted by Gasteiger charge is -2.25. The van der Waals surface area contributed by atoms with Crippen molar-refractivity contribution in [2.75, 3.05) is 6.61 Å². The second-order valence-electron chi connectivity index (χ2n) is 3.76. The maximum absolute atomic E-state index is 10.9. The number of nitrogens with one attached hydrogen (secondary N) is 2. The Morgan fingerprint density at radius 1 is 1.50 bits per heavy atom. The Hall–Kier alpha value is -1.20. The first-order valence-corrected chi connectivity index (χ1v) is 5.61. The Morgan fingerprint density at radius 3 is 3.00 bits per heavy atom. The molecule has 4 nitrogen and oxygen atoms in total. The van der Waals surface area contributed by atoms with E-state index in [1.807, 2.05) is 12.1 Å². The van der Waals surface area contributed by atoms with E-state index in [4.69, 9.17) is 4.74 Å².